The van der Waals surface area contributed by atoms with Crippen molar-refractivity contribution in [1.82, 2.24) is 0 Å². The van der Waals surface area contributed by atoms with Gasteiger partial charge in [-0.15, -0.1) is 0 Å². The van der Waals surface area contributed by atoms with Gasteiger partial charge >= 0.3 is 0 Å². The zero-order valence-corrected chi connectivity index (χ0v) is 14.9. The van der Waals surface area contributed by atoms with E-state index in [1.54, 1.807) is 6.08 Å². The molecule has 0 bridgehead atoms. The first kappa shape index (κ1) is 18.2. The third-order valence-corrected chi connectivity index (χ3v) is 3.72. The Morgan fingerprint density at radius 3 is 2.09 bits per heavy atom. The van der Waals surface area contributed by atoms with E-state index >= 15 is 0 Å². The number of aromatic hydroxyl groups is 1. The minimum atomic E-state index is -0.218. The highest BCUT2D eigenvalue weighted by atomic mass is 32.1. The minimum Gasteiger partial charge on any atom is -0.507 e. The predicted octanol–water partition coefficient (Wildman–Crippen LogP) is 4.18. The number of hydrogen-bond donors (Lipinski definition) is 2. The van der Waals surface area contributed by atoms with E-state index < -0.39 is 0 Å². The molecular weight excluding hydrogens is 292 g/mol. The van der Waals surface area contributed by atoms with Gasteiger partial charge in [0.1, 0.15) is 16.8 Å². The summed E-state index contributed by atoms with van der Waals surface area (Å²) in [6, 6.07) is 5.89. The van der Waals surface area contributed by atoms with Crippen molar-refractivity contribution in [2.75, 3.05) is 0 Å². The average molecular weight is 316 g/mol. The molecule has 1 rings (SSSR count). The van der Waals surface area contributed by atoms with E-state index in [0.717, 1.165) is 11.1 Å². The van der Waals surface area contributed by atoms with E-state index in [2.05, 4.69) is 20.8 Å². The number of rotatable bonds is 2. The second-order valence-electron chi connectivity index (χ2n) is 7.50. The van der Waals surface area contributed by atoms with Crippen LogP contribution < -0.4 is 5.73 Å². The van der Waals surface area contributed by atoms with Gasteiger partial charge in [-0.3, -0.25) is 0 Å². The Morgan fingerprint density at radius 2 is 1.73 bits per heavy atom. The van der Waals surface area contributed by atoms with Crippen LogP contribution >= 0.6 is 12.2 Å². The number of benzene rings is 1. The molecule has 0 aliphatic carbocycles. The van der Waals surface area contributed by atoms with Gasteiger partial charge < -0.3 is 10.8 Å². The van der Waals surface area contributed by atoms with Crippen LogP contribution in [0.3, 0.4) is 0 Å². The van der Waals surface area contributed by atoms with Crippen LogP contribution in [-0.2, 0) is 10.8 Å². The number of nitriles is 1. The summed E-state index contributed by atoms with van der Waals surface area (Å²) in [6.45, 7) is 12.5. The zero-order chi connectivity index (χ0) is 17.3. The molecule has 0 aromatic heterocycles. The third kappa shape index (κ3) is 4.08. The van der Waals surface area contributed by atoms with Crippen molar-refractivity contribution in [3.63, 3.8) is 0 Å². The molecule has 0 heterocycles. The molecule has 0 atom stereocenters. The molecule has 4 heteroatoms. The summed E-state index contributed by atoms with van der Waals surface area (Å²) in [6.07, 6.45) is 1.56. The lowest BCUT2D eigenvalue weighted by atomic mass is 9.78. The van der Waals surface area contributed by atoms with E-state index in [1.807, 2.05) is 39.0 Å². The van der Waals surface area contributed by atoms with Crippen molar-refractivity contribution in [1.29, 1.82) is 5.26 Å². The number of hydrogen-bond acceptors (Lipinski definition) is 3. The van der Waals surface area contributed by atoms with Crippen molar-refractivity contribution in [3.8, 4) is 11.8 Å². The Kier molecular flexibility index (Phi) is 5.04. The second kappa shape index (κ2) is 6.10. The molecule has 0 saturated carbocycles. The summed E-state index contributed by atoms with van der Waals surface area (Å²) < 4.78 is 0. The molecule has 1 aromatic carbocycles. The molecule has 3 nitrogen and oxygen atoms in total. The molecule has 0 radical (unpaired) electrons. The second-order valence-corrected chi connectivity index (χ2v) is 7.94. The Morgan fingerprint density at radius 1 is 1.18 bits per heavy atom. The van der Waals surface area contributed by atoms with Gasteiger partial charge in [-0.25, -0.2) is 0 Å². The third-order valence-electron chi connectivity index (χ3n) is 3.50. The van der Waals surface area contributed by atoms with Crippen molar-refractivity contribution >= 4 is 23.3 Å². The van der Waals surface area contributed by atoms with Crippen LogP contribution in [0.2, 0.25) is 0 Å². The van der Waals surface area contributed by atoms with E-state index in [-0.39, 0.29) is 27.1 Å². The Hall–Kier alpha value is -1.86. The maximum atomic E-state index is 10.6. The molecule has 118 valence electrons. The molecule has 0 saturated heterocycles. The van der Waals surface area contributed by atoms with Gasteiger partial charge in [0.15, 0.2) is 0 Å². The van der Waals surface area contributed by atoms with Crippen molar-refractivity contribution in [3.05, 3.63) is 34.4 Å². The number of phenolic OH excluding ortho intramolecular Hbond substituents is 1. The Balaban J connectivity index is 3.72. The predicted molar refractivity (Wildman–Crippen MR) is 95.9 cm³/mol. The smallest absolute Gasteiger partial charge is 0.126 e. The summed E-state index contributed by atoms with van der Waals surface area (Å²) in [4.78, 5) is 0.0281. The lowest BCUT2D eigenvalue weighted by Gasteiger charge is -2.27. The van der Waals surface area contributed by atoms with E-state index in [4.69, 9.17) is 23.2 Å². The van der Waals surface area contributed by atoms with Gasteiger partial charge in [0, 0.05) is 11.1 Å². The highest BCUT2D eigenvalue weighted by molar-refractivity contribution is 7.80. The highest BCUT2D eigenvalue weighted by Gasteiger charge is 2.24. The van der Waals surface area contributed by atoms with Gasteiger partial charge in [0.2, 0.25) is 0 Å². The fraction of sp³-hybridized carbons (Fsp3) is 0.444. The number of nitrogens with zero attached hydrogens (tertiary/aromatic N) is 1. The summed E-state index contributed by atoms with van der Waals surface area (Å²) in [5.74, 6) is 0.171. The molecular formula is C18H24N2OS. The summed E-state index contributed by atoms with van der Waals surface area (Å²) in [7, 11) is 0. The van der Waals surface area contributed by atoms with Crippen LogP contribution in [0.4, 0.5) is 0 Å². The fourth-order valence-corrected chi connectivity index (χ4v) is 2.19. The SMILES string of the molecule is CC(C)(C)c1cc(/C=C(\C#N)C(N)=S)c(O)c(C(C)(C)C)c1. The average Bonchev–Trinajstić information content (AvgIpc) is 2.34. The standard InChI is InChI=1S/C18H24N2OS/c1-17(2,3)13-8-11(7-12(10-19)16(20)22)15(21)14(9-13)18(4,5)6/h7-9,21H,1-6H3,(H2,20,22)/b12-7+. The van der Waals surface area contributed by atoms with Gasteiger partial charge in [0.05, 0.1) is 5.57 Å². The summed E-state index contributed by atoms with van der Waals surface area (Å²) in [5.41, 5.74) is 7.94. The maximum absolute atomic E-state index is 10.6. The van der Waals surface area contributed by atoms with Crippen LogP contribution in [0.25, 0.3) is 6.08 Å². The Labute approximate surface area is 138 Å². The van der Waals surface area contributed by atoms with Crippen LogP contribution in [0.15, 0.2) is 17.7 Å². The molecule has 0 aliphatic rings. The van der Waals surface area contributed by atoms with Crippen molar-refractivity contribution in [2.24, 2.45) is 5.73 Å². The van der Waals surface area contributed by atoms with Gasteiger partial charge in [0.25, 0.3) is 0 Å². The quantitative estimate of drug-likeness (QED) is 0.488. The van der Waals surface area contributed by atoms with E-state index in [9.17, 15) is 5.11 Å². The number of phenols is 1. The van der Waals surface area contributed by atoms with E-state index in [1.165, 1.54) is 0 Å². The molecule has 0 amide bonds. The van der Waals surface area contributed by atoms with Gasteiger partial charge in [-0.05, 0) is 28.5 Å². The Bertz CT molecular complexity index is 668. The zero-order valence-electron chi connectivity index (χ0n) is 14.1. The van der Waals surface area contributed by atoms with E-state index in [0.29, 0.717) is 5.56 Å². The first-order chi connectivity index (χ1) is 9.87. The van der Waals surface area contributed by atoms with Gasteiger partial charge in [-0.2, -0.15) is 5.26 Å². The monoisotopic (exact) mass is 316 g/mol. The topological polar surface area (TPSA) is 70.0 Å². The van der Waals surface area contributed by atoms with Crippen LogP contribution in [0.1, 0.15) is 58.2 Å². The van der Waals surface area contributed by atoms with Crippen LogP contribution in [0, 0.1) is 11.3 Å². The molecule has 0 fully saturated rings. The molecule has 1 aromatic rings. The highest BCUT2D eigenvalue weighted by Crippen LogP contribution is 2.38. The van der Waals surface area contributed by atoms with Crippen LogP contribution in [0.5, 0.6) is 5.75 Å². The number of thiocarbonyl (C=S) groups is 1. The summed E-state index contributed by atoms with van der Waals surface area (Å²) in [5, 5.41) is 19.7. The van der Waals surface area contributed by atoms with Gasteiger partial charge in [-0.1, -0.05) is 59.8 Å². The fourth-order valence-electron chi connectivity index (χ4n) is 2.09. The van der Waals surface area contributed by atoms with Crippen molar-refractivity contribution < 1.29 is 5.11 Å². The largest absolute Gasteiger partial charge is 0.507 e. The molecule has 22 heavy (non-hydrogen) atoms. The summed E-state index contributed by atoms with van der Waals surface area (Å²) >= 11 is 4.88. The lowest BCUT2D eigenvalue weighted by molar-refractivity contribution is 0.443. The molecule has 0 spiro atoms. The minimum absolute atomic E-state index is 0.0281. The maximum Gasteiger partial charge on any atom is 0.126 e. The number of nitrogens with two attached hydrogens (primary N) is 1. The first-order valence-electron chi connectivity index (χ1n) is 7.17. The molecule has 0 aliphatic heterocycles. The van der Waals surface area contributed by atoms with Crippen LogP contribution in [-0.4, -0.2) is 10.1 Å². The molecule has 0 unspecified atom stereocenters. The molecule has 3 N–H and O–H groups in total. The first-order valence-corrected chi connectivity index (χ1v) is 7.58. The van der Waals surface area contributed by atoms with Crippen molar-refractivity contribution in [2.45, 2.75) is 52.4 Å². The lowest BCUT2D eigenvalue weighted by Crippen LogP contribution is -2.17. The normalized spacial score (nSPS) is 12.9.